The maximum absolute atomic E-state index is 11.9. The van der Waals surface area contributed by atoms with Crippen LogP contribution in [0.15, 0.2) is 48.5 Å². The van der Waals surface area contributed by atoms with Crippen LogP contribution in [0.3, 0.4) is 0 Å². The fourth-order valence-corrected chi connectivity index (χ4v) is 2.07. The summed E-state index contributed by atoms with van der Waals surface area (Å²) in [6, 6.07) is 15.0. The highest BCUT2D eigenvalue weighted by atomic mass is 32.1. The molecule has 0 spiro atoms. The third-order valence-electron chi connectivity index (χ3n) is 2.92. The molecule has 0 heterocycles. The van der Waals surface area contributed by atoms with Gasteiger partial charge in [-0.25, -0.2) is 4.79 Å². The van der Waals surface area contributed by atoms with Crippen molar-refractivity contribution in [2.45, 2.75) is 13.5 Å². The van der Waals surface area contributed by atoms with Crippen LogP contribution in [-0.2, 0) is 6.54 Å². The minimum absolute atomic E-state index is 0.265. The van der Waals surface area contributed by atoms with E-state index in [-0.39, 0.29) is 6.03 Å². The minimum atomic E-state index is -0.265. The maximum atomic E-state index is 11.9. The average Bonchev–Trinajstić information content (AvgIpc) is 2.45. The Bertz CT molecular complexity index is 656. The smallest absolute Gasteiger partial charge is 0.319 e. The van der Waals surface area contributed by atoms with E-state index in [9.17, 15) is 4.79 Å². The van der Waals surface area contributed by atoms with Crippen LogP contribution in [0.2, 0.25) is 0 Å². The van der Waals surface area contributed by atoms with Crippen molar-refractivity contribution in [3.63, 3.8) is 0 Å². The zero-order chi connectivity index (χ0) is 15.2. The van der Waals surface area contributed by atoms with Gasteiger partial charge in [-0.05, 0) is 36.2 Å². The van der Waals surface area contributed by atoms with Crippen LogP contribution in [0.4, 0.5) is 10.5 Å². The van der Waals surface area contributed by atoms with Crippen molar-refractivity contribution in [1.29, 1.82) is 0 Å². The number of hydrogen-bond acceptors (Lipinski definition) is 2. The van der Waals surface area contributed by atoms with E-state index >= 15 is 0 Å². The van der Waals surface area contributed by atoms with Gasteiger partial charge in [0, 0.05) is 17.8 Å². The van der Waals surface area contributed by atoms with E-state index in [1.54, 1.807) is 6.07 Å². The van der Waals surface area contributed by atoms with Gasteiger partial charge in [0.15, 0.2) is 0 Å². The zero-order valence-electron chi connectivity index (χ0n) is 11.7. The van der Waals surface area contributed by atoms with Gasteiger partial charge >= 0.3 is 6.03 Å². The molecule has 0 saturated carbocycles. The first-order valence-electron chi connectivity index (χ1n) is 6.55. The second-order valence-corrected chi connectivity index (χ2v) is 5.19. The Hall–Kier alpha value is -2.40. The van der Waals surface area contributed by atoms with Crippen LogP contribution >= 0.6 is 12.2 Å². The lowest BCUT2D eigenvalue weighted by atomic mass is 10.1. The Kier molecular flexibility index (Phi) is 4.90. The third kappa shape index (κ3) is 4.57. The molecule has 108 valence electrons. The first-order chi connectivity index (χ1) is 10.0. The highest BCUT2D eigenvalue weighted by Crippen LogP contribution is 2.14. The number of hydrogen-bond donors (Lipinski definition) is 3. The third-order valence-corrected chi connectivity index (χ3v) is 3.15. The molecule has 0 aliphatic carbocycles. The molecule has 2 aromatic carbocycles. The quantitative estimate of drug-likeness (QED) is 0.760. The van der Waals surface area contributed by atoms with Crippen molar-refractivity contribution in [3.8, 4) is 0 Å². The normalized spacial score (nSPS) is 9.95. The number of amides is 2. The fraction of sp³-hybridized carbons (Fsp3) is 0.125. The standard InChI is InChI=1S/C16H17N3OS/c1-11-7-13(15(17)21)9-14(8-11)19-16(20)18-10-12-5-3-2-4-6-12/h2-9H,10H2,1H3,(H2,17,21)(H2,18,19,20). The average molecular weight is 299 g/mol. The number of aryl methyl sites for hydroxylation is 1. The Balaban J connectivity index is 1.98. The molecule has 2 aromatic rings. The van der Waals surface area contributed by atoms with E-state index in [4.69, 9.17) is 18.0 Å². The van der Waals surface area contributed by atoms with Crippen LogP contribution in [-0.4, -0.2) is 11.0 Å². The number of carbonyl (C=O) groups is 1. The van der Waals surface area contributed by atoms with Gasteiger partial charge in [-0.2, -0.15) is 0 Å². The van der Waals surface area contributed by atoms with Crippen molar-refractivity contribution in [3.05, 3.63) is 65.2 Å². The summed E-state index contributed by atoms with van der Waals surface area (Å²) in [6.07, 6.45) is 0. The molecule has 21 heavy (non-hydrogen) atoms. The van der Waals surface area contributed by atoms with Crippen molar-refractivity contribution < 1.29 is 4.79 Å². The molecule has 0 fully saturated rings. The Morgan fingerprint density at radius 2 is 1.90 bits per heavy atom. The first-order valence-corrected chi connectivity index (χ1v) is 6.96. The number of carbonyl (C=O) groups excluding carboxylic acids is 1. The Morgan fingerprint density at radius 1 is 1.19 bits per heavy atom. The highest BCUT2D eigenvalue weighted by Gasteiger charge is 2.05. The second kappa shape index (κ2) is 6.85. The molecule has 0 aliphatic rings. The molecule has 0 bridgehead atoms. The van der Waals surface area contributed by atoms with Gasteiger partial charge in [-0.15, -0.1) is 0 Å². The molecular formula is C16H17N3OS. The van der Waals surface area contributed by atoms with Crippen LogP contribution in [0, 0.1) is 6.92 Å². The summed E-state index contributed by atoms with van der Waals surface area (Å²) < 4.78 is 0. The van der Waals surface area contributed by atoms with E-state index in [1.807, 2.05) is 49.4 Å². The molecule has 0 aliphatic heterocycles. The molecule has 0 saturated heterocycles. The van der Waals surface area contributed by atoms with E-state index in [0.717, 1.165) is 16.7 Å². The predicted octanol–water partition coefficient (Wildman–Crippen LogP) is 2.95. The summed E-state index contributed by atoms with van der Waals surface area (Å²) in [7, 11) is 0. The van der Waals surface area contributed by atoms with Crippen LogP contribution in [0.1, 0.15) is 16.7 Å². The van der Waals surface area contributed by atoms with Gasteiger partial charge in [-0.1, -0.05) is 42.5 Å². The molecular weight excluding hydrogens is 282 g/mol. The molecule has 0 unspecified atom stereocenters. The number of thiocarbonyl (C=S) groups is 1. The lowest BCUT2D eigenvalue weighted by Gasteiger charge is -2.10. The number of anilines is 1. The molecule has 4 nitrogen and oxygen atoms in total. The minimum Gasteiger partial charge on any atom is -0.389 e. The van der Waals surface area contributed by atoms with Crippen molar-refractivity contribution in [2.75, 3.05) is 5.32 Å². The van der Waals surface area contributed by atoms with Crippen LogP contribution in [0.25, 0.3) is 0 Å². The summed E-state index contributed by atoms with van der Waals surface area (Å²) >= 11 is 4.96. The maximum Gasteiger partial charge on any atom is 0.319 e. The second-order valence-electron chi connectivity index (χ2n) is 4.75. The van der Waals surface area contributed by atoms with Gasteiger partial charge in [0.05, 0.1) is 0 Å². The number of urea groups is 1. The van der Waals surface area contributed by atoms with Gasteiger partial charge in [0.2, 0.25) is 0 Å². The topological polar surface area (TPSA) is 67.2 Å². The largest absolute Gasteiger partial charge is 0.389 e. The van der Waals surface area contributed by atoms with Crippen molar-refractivity contribution >= 4 is 28.9 Å². The Labute approximate surface area is 129 Å². The number of rotatable bonds is 4. The number of nitrogens with one attached hydrogen (secondary N) is 2. The summed E-state index contributed by atoms with van der Waals surface area (Å²) in [5.74, 6) is 0. The van der Waals surface area contributed by atoms with E-state index in [0.29, 0.717) is 17.2 Å². The summed E-state index contributed by atoms with van der Waals surface area (Å²) in [4.78, 5) is 12.2. The van der Waals surface area contributed by atoms with E-state index in [2.05, 4.69) is 10.6 Å². The van der Waals surface area contributed by atoms with Gasteiger partial charge in [0.25, 0.3) is 0 Å². The predicted molar refractivity (Wildman–Crippen MR) is 89.4 cm³/mol. The van der Waals surface area contributed by atoms with Crippen LogP contribution in [0.5, 0.6) is 0 Å². The van der Waals surface area contributed by atoms with Gasteiger partial charge < -0.3 is 16.4 Å². The summed E-state index contributed by atoms with van der Waals surface area (Å²) in [5, 5.41) is 5.58. The molecule has 2 rings (SSSR count). The highest BCUT2D eigenvalue weighted by molar-refractivity contribution is 7.80. The molecule has 0 radical (unpaired) electrons. The Morgan fingerprint density at radius 3 is 2.57 bits per heavy atom. The van der Waals surface area contributed by atoms with E-state index in [1.165, 1.54) is 0 Å². The lowest BCUT2D eigenvalue weighted by Crippen LogP contribution is -2.28. The lowest BCUT2D eigenvalue weighted by molar-refractivity contribution is 0.251. The monoisotopic (exact) mass is 299 g/mol. The summed E-state index contributed by atoms with van der Waals surface area (Å²) in [6.45, 7) is 2.40. The zero-order valence-corrected chi connectivity index (χ0v) is 12.5. The number of nitrogens with two attached hydrogens (primary N) is 1. The van der Waals surface area contributed by atoms with Gasteiger partial charge in [0.1, 0.15) is 4.99 Å². The van der Waals surface area contributed by atoms with Crippen molar-refractivity contribution in [1.82, 2.24) is 5.32 Å². The first kappa shape index (κ1) is 15.0. The summed E-state index contributed by atoms with van der Waals surface area (Å²) in [5.41, 5.74) is 9.06. The molecule has 2 amide bonds. The SMILES string of the molecule is Cc1cc(NC(=O)NCc2ccccc2)cc(C(N)=S)c1. The van der Waals surface area contributed by atoms with Gasteiger partial charge in [-0.3, -0.25) is 0 Å². The number of benzene rings is 2. The molecule has 0 atom stereocenters. The molecule has 4 N–H and O–H groups in total. The van der Waals surface area contributed by atoms with Crippen LogP contribution < -0.4 is 16.4 Å². The fourth-order valence-electron chi connectivity index (χ4n) is 1.95. The molecule has 5 heteroatoms. The molecule has 0 aromatic heterocycles. The van der Waals surface area contributed by atoms with E-state index < -0.39 is 0 Å². The van der Waals surface area contributed by atoms with Crippen molar-refractivity contribution in [2.24, 2.45) is 5.73 Å².